The van der Waals surface area contributed by atoms with Gasteiger partial charge in [-0.1, -0.05) is 17.7 Å². The summed E-state index contributed by atoms with van der Waals surface area (Å²) < 4.78 is 25.7. The predicted molar refractivity (Wildman–Crippen MR) is 128 cm³/mol. The molecule has 1 aliphatic heterocycles. The Kier molecular flexibility index (Phi) is 7.03. The minimum Gasteiger partial charge on any atom is -0.489 e. The Morgan fingerprint density at radius 2 is 1.97 bits per heavy atom. The summed E-state index contributed by atoms with van der Waals surface area (Å²) in [5.41, 5.74) is 6.10. The minimum atomic E-state index is -0.368. The fourth-order valence-corrected chi connectivity index (χ4v) is 4.58. The number of amides is 1. The van der Waals surface area contributed by atoms with Crippen molar-refractivity contribution in [2.45, 2.75) is 46.3 Å². The number of aryl methyl sites for hydroxylation is 1. The molecule has 1 saturated heterocycles. The van der Waals surface area contributed by atoms with Crippen molar-refractivity contribution >= 4 is 11.5 Å². The van der Waals surface area contributed by atoms with Gasteiger partial charge in [-0.2, -0.15) is 0 Å². The third kappa shape index (κ3) is 5.38. The number of ether oxygens (including phenoxy) is 2. The van der Waals surface area contributed by atoms with E-state index in [-0.39, 0.29) is 29.5 Å². The van der Waals surface area contributed by atoms with Crippen molar-refractivity contribution in [1.29, 1.82) is 0 Å². The first-order valence-electron chi connectivity index (χ1n) is 11.7. The van der Waals surface area contributed by atoms with Crippen LogP contribution in [-0.4, -0.2) is 43.6 Å². The van der Waals surface area contributed by atoms with Gasteiger partial charge in [-0.15, -0.1) is 0 Å². The topological polar surface area (TPSA) is 50.8 Å². The molecule has 1 N–H and O–H groups in total. The lowest BCUT2D eigenvalue weighted by Gasteiger charge is -2.39. The van der Waals surface area contributed by atoms with Crippen LogP contribution in [0.4, 0.5) is 4.39 Å². The maximum atomic E-state index is 14.2. The minimum absolute atomic E-state index is 0.0690. The molecule has 1 heterocycles. The molecule has 0 spiro atoms. The molecule has 176 valence electrons. The summed E-state index contributed by atoms with van der Waals surface area (Å²) in [7, 11) is 1.70. The lowest BCUT2D eigenvalue weighted by Crippen LogP contribution is -2.53. The summed E-state index contributed by atoms with van der Waals surface area (Å²) in [6.45, 7) is 8.84. The Hall–Kier alpha value is -2.86. The van der Waals surface area contributed by atoms with Crippen LogP contribution in [0.25, 0.3) is 5.57 Å². The number of nitrogens with one attached hydrogen (secondary N) is 1. The van der Waals surface area contributed by atoms with E-state index >= 15 is 0 Å². The van der Waals surface area contributed by atoms with Gasteiger partial charge in [-0.3, -0.25) is 9.69 Å². The highest BCUT2D eigenvalue weighted by Gasteiger charge is 2.32. The van der Waals surface area contributed by atoms with Crippen LogP contribution < -0.4 is 14.8 Å². The quantitative estimate of drug-likeness (QED) is 0.637. The molecule has 4 rings (SSSR count). The number of benzene rings is 2. The number of fused-ring (bicyclic) bond motifs is 1. The zero-order chi connectivity index (χ0) is 23.5. The second-order valence-corrected chi connectivity index (χ2v) is 9.27. The first-order valence-corrected chi connectivity index (χ1v) is 11.7. The van der Waals surface area contributed by atoms with Crippen LogP contribution in [0.1, 0.15) is 43.9 Å². The highest BCUT2D eigenvalue weighted by molar-refractivity contribution is 5.79. The van der Waals surface area contributed by atoms with Crippen molar-refractivity contribution in [2.24, 2.45) is 5.92 Å². The Labute approximate surface area is 195 Å². The van der Waals surface area contributed by atoms with Gasteiger partial charge in [0.05, 0.1) is 12.0 Å². The third-order valence-electron chi connectivity index (χ3n) is 6.46. The monoisotopic (exact) mass is 452 g/mol. The van der Waals surface area contributed by atoms with Gasteiger partial charge in [-0.25, -0.2) is 4.39 Å². The second-order valence-electron chi connectivity index (χ2n) is 9.27. The molecule has 0 bridgehead atoms. The highest BCUT2D eigenvalue weighted by atomic mass is 19.1. The van der Waals surface area contributed by atoms with Crippen LogP contribution in [0, 0.1) is 11.7 Å². The number of hydrogen-bond acceptors (Lipinski definition) is 4. The summed E-state index contributed by atoms with van der Waals surface area (Å²) in [4.78, 5) is 14.1. The fourth-order valence-electron chi connectivity index (χ4n) is 4.58. The Balaban J connectivity index is 1.37. The first-order chi connectivity index (χ1) is 15.8. The molecule has 2 aliphatic rings. The second kappa shape index (κ2) is 9.96. The van der Waals surface area contributed by atoms with E-state index in [1.165, 1.54) is 28.3 Å². The number of likely N-dealkylation sites (tertiary alicyclic amines) is 1. The van der Waals surface area contributed by atoms with E-state index in [9.17, 15) is 9.18 Å². The Morgan fingerprint density at radius 3 is 2.67 bits per heavy atom. The summed E-state index contributed by atoms with van der Waals surface area (Å²) in [5.74, 6) is 0.958. The SMILES string of the molecule is CNC(=O)C1CN(CC2=C(C)c3ccc(OCc4ccc(OC(C)C)c(F)c4)cc3CC2)C1. The average molecular weight is 453 g/mol. The van der Waals surface area contributed by atoms with E-state index in [0.29, 0.717) is 6.61 Å². The molecule has 1 fully saturated rings. The van der Waals surface area contributed by atoms with Gasteiger partial charge in [0, 0.05) is 26.7 Å². The summed E-state index contributed by atoms with van der Waals surface area (Å²) in [6, 6.07) is 11.2. The van der Waals surface area contributed by atoms with Crippen LogP contribution in [-0.2, 0) is 17.8 Å². The van der Waals surface area contributed by atoms with Crippen LogP contribution >= 0.6 is 0 Å². The number of rotatable bonds is 8. The van der Waals surface area contributed by atoms with Crippen LogP contribution in [0.2, 0.25) is 0 Å². The maximum absolute atomic E-state index is 14.2. The maximum Gasteiger partial charge on any atom is 0.225 e. The molecule has 0 atom stereocenters. The lowest BCUT2D eigenvalue weighted by atomic mass is 9.85. The zero-order valence-electron chi connectivity index (χ0n) is 19.9. The molecule has 5 nitrogen and oxygen atoms in total. The van der Waals surface area contributed by atoms with Crippen molar-refractivity contribution in [1.82, 2.24) is 10.2 Å². The van der Waals surface area contributed by atoms with Crippen molar-refractivity contribution in [2.75, 3.05) is 26.7 Å². The smallest absolute Gasteiger partial charge is 0.225 e. The number of halogens is 1. The summed E-state index contributed by atoms with van der Waals surface area (Å²) in [6.07, 6.45) is 1.92. The van der Waals surface area contributed by atoms with Gasteiger partial charge in [0.15, 0.2) is 11.6 Å². The summed E-state index contributed by atoms with van der Waals surface area (Å²) >= 11 is 0. The molecule has 1 aliphatic carbocycles. The number of carbonyl (C=O) groups is 1. The molecule has 2 aromatic rings. The Bertz CT molecular complexity index is 1060. The van der Waals surface area contributed by atoms with Crippen molar-refractivity contribution in [3.8, 4) is 11.5 Å². The number of hydrogen-bond donors (Lipinski definition) is 1. The third-order valence-corrected chi connectivity index (χ3v) is 6.46. The molecule has 0 aromatic heterocycles. The largest absolute Gasteiger partial charge is 0.489 e. The van der Waals surface area contributed by atoms with Crippen LogP contribution in [0.15, 0.2) is 42.0 Å². The van der Waals surface area contributed by atoms with Crippen molar-refractivity contribution in [3.05, 3.63) is 64.5 Å². The van der Waals surface area contributed by atoms with Crippen molar-refractivity contribution in [3.63, 3.8) is 0 Å². The van der Waals surface area contributed by atoms with Crippen LogP contribution in [0.5, 0.6) is 11.5 Å². The molecule has 0 saturated carbocycles. The van der Waals surface area contributed by atoms with E-state index in [2.05, 4.69) is 29.3 Å². The van der Waals surface area contributed by atoms with E-state index in [1.54, 1.807) is 13.1 Å². The van der Waals surface area contributed by atoms with Gasteiger partial charge in [-0.05, 0) is 80.1 Å². The molecule has 0 unspecified atom stereocenters. The standard InChI is InChI=1S/C27H33FN2O3/c1-17(2)33-26-10-5-19(11-25(26)28)16-32-23-8-9-24-18(3)21(7-6-20(24)12-23)13-30-14-22(15-30)27(31)29-4/h5,8-12,17,22H,6-7,13-16H2,1-4H3,(H,29,31). The number of carbonyl (C=O) groups excluding carboxylic acids is 1. The normalized spacial score (nSPS) is 16.4. The van der Waals surface area contributed by atoms with E-state index < -0.39 is 0 Å². The Morgan fingerprint density at radius 1 is 1.18 bits per heavy atom. The zero-order valence-corrected chi connectivity index (χ0v) is 19.9. The van der Waals surface area contributed by atoms with E-state index in [0.717, 1.165) is 43.8 Å². The predicted octanol–water partition coefficient (Wildman–Crippen LogP) is 4.59. The molecule has 6 heteroatoms. The lowest BCUT2D eigenvalue weighted by molar-refractivity contribution is -0.129. The van der Waals surface area contributed by atoms with Gasteiger partial charge in [0.1, 0.15) is 12.4 Å². The molecule has 1 amide bonds. The van der Waals surface area contributed by atoms with E-state index in [1.807, 2.05) is 26.0 Å². The fraction of sp³-hybridized carbons (Fsp3) is 0.444. The molecule has 0 radical (unpaired) electrons. The molecule has 33 heavy (non-hydrogen) atoms. The molecular formula is C27H33FN2O3. The molecular weight excluding hydrogens is 419 g/mol. The highest BCUT2D eigenvalue weighted by Crippen LogP contribution is 2.34. The number of allylic oxidation sites excluding steroid dienone is 1. The average Bonchev–Trinajstić information content (AvgIpc) is 2.76. The number of nitrogens with zero attached hydrogens (tertiary/aromatic N) is 1. The van der Waals surface area contributed by atoms with Gasteiger partial charge in [0.25, 0.3) is 0 Å². The molecule has 2 aromatic carbocycles. The summed E-state index contributed by atoms with van der Waals surface area (Å²) in [5, 5.41) is 2.74. The van der Waals surface area contributed by atoms with Crippen LogP contribution in [0.3, 0.4) is 0 Å². The van der Waals surface area contributed by atoms with Gasteiger partial charge < -0.3 is 14.8 Å². The first kappa shape index (κ1) is 23.3. The van der Waals surface area contributed by atoms with Gasteiger partial charge in [0.2, 0.25) is 5.91 Å². The van der Waals surface area contributed by atoms with Crippen molar-refractivity contribution < 1.29 is 18.7 Å². The van der Waals surface area contributed by atoms with Gasteiger partial charge >= 0.3 is 0 Å². The van der Waals surface area contributed by atoms with E-state index in [4.69, 9.17) is 9.47 Å².